The summed E-state index contributed by atoms with van der Waals surface area (Å²) in [5.41, 5.74) is 0.449. The minimum Gasteiger partial charge on any atom is -0.496 e. The molecule has 0 aliphatic rings. The Hall–Kier alpha value is -2.56. The molecule has 0 heterocycles. The van der Waals surface area contributed by atoms with Crippen molar-refractivity contribution in [3.8, 4) is 11.5 Å². The molecule has 0 saturated carbocycles. The summed E-state index contributed by atoms with van der Waals surface area (Å²) in [6.07, 6.45) is -0.240. The van der Waals surface area contributed by atoms with Gasteiger partial charge in [0.05, 0.1) is 20.6 Å². The van der Waals surface area contributed by atoms with E-state index in [0.717, 1.165) is 5.39 Å². The maximum absolute atomic E-state index is 12.3. The second-order valence-corrected chi connectivity index (χ2v) is 4.52. The number of fused-ring (bicyclic) bond motifs is 1. The maximum Gasteiger partial charge on any atom is 0.303 e. The molecule has 5 heteroatoms. The number of carboxylic acid groups (broad SMARTS) is 1. The molecular weight excluding hydrogens is 272 g/mol. The smallest absolute Gasteiger partial charge is 0.303 e. The van der Waals surface area contributed by atoms with E-state index in [4.69, 9.17) is 14.6 Å². The van der Waals surface area contributed by atoms with E-state index in [1.54, 1.807) is 25.3 Å². The van der Waals surface area contributed by atoms with Gasteiger partial charge in [-0.3, -0.25) is 9.59 Å². The molecule has 0 radical (unpaired) electrons. The lowest BCUT2D eigenvalue weighted by atomic mass is 9.97. The number of hydrogen-bond acceptors (Lipinski definition) is 4. The predicted octanol–water partition coefficient (Wildman–Crippen LogP) is 2.90. The van der Waals surface area contributed by atoms with Gasteiger partial charge in [-0.05, 0) is 18.2 Å². The average molecular weight is 288 g/mol. The molecule has 0 bridgehead atoms. The van der Waals surface area contributed by atoms with E-state index >= 15 is 0 Å². The van der Waals surface area contributed by atoms with Gasteiger partial charge in [0, 0.05) is 22.8 Å². The highest BCUT2D eigenvalue weighted by molar-refractivity contribution is 6.12. The highest BCUT2D eigenvalue weighted by Gasteiger charge is 2.17. The summed E-state index contributed by atoms with van der Waals surface area (Å²) in [7, 11) is 3.08. The van der Waals surface area contributed by atoms with E-state index in [2.05, 4.69) is 0 Å². The summed E-state index contributed by atoms with van der Waals surface area (Å²) in [5, 5.41) is 10.1. The largest absolute Gasteiger partial charge is 0.496 e. The zero-order valence-electron chi connectivity index (χ0n) is 11.9. The quantitative estimate of drug-likeness (QED) is 0.827. The van der Waals surface area contributed by atoms with E-state index in [1.807, 2.05) is 12.1 Å². The van der Waals surface area contributed by atoms with Gasteiger partial charge in [-0.1, -0.05) is 12.1 Å². The van der Waals surface area contributed by atoms with Crippen LogP contribution in [0.5, 0.6) is 11.5 Å². The number of hydrogen-bond donors (Lipinski definition) is 1. The molecule has 2 rings (SSSR count). The number of aliphatic carboxylic acids is 1. The second-order valence-electron chi connectivity index (χ2n) is 4.52. The van der Waals surface area contributed by atoms with Gasteiger partial charge in [0.15, 0.2) is 5.78 Å². The summed E-state index contributed by atoms with van der Waals surface area (Å²) in [5.74, 6) is -0.0218. The van der Waals surface area contributed by atoms with Crippen molar-refractivity contribution in [2.45, 2.75) is 12.8 Å². The number of ketones is 1. The normalized spacial score (nSPS) is 10.4. The average Bonchev–Trinajstić information content (AvgIpc) is 2.50. The number of methoxy groups -OCH3 is 2. The fourth-order valence-electron chi connectivity index (χ4n) is 2.28. The van der Waals surface area contributed by atoms with Gasteiger partial charge >= 0.3 is 5.97 Å². The van der Waals surface area contributed by atoms with Crippen molar-refractivity contribution in [3.05, 3.63) is 35.9 Å². The number of carboxylic acids is 1. The first-order valence-corrected chi connectivity index (χ1v) is 6.47. The van der Waals surface area contributed by atoms with Gasteiger partial charge in [-0.25, -0.2) is 0 Å². The van der Waals surface area contributed by atoms with Gasteiger partial charge in [0.2, 0.25) is 0 Å². The van der Waals surface area contributed by atoms with Crippen LogP contribution in [0.25, 0.3) is 10.8 Å². The minimum atomic E-state index is -0.992. The first kappa shape index (κ1) is 14.8. The van der Waals surface area contributed by atoms with Crippen molar-refractivity contribution in [1.29, 1.82) is 0 Å². The van der Waals surface area contributed by atoms with E-state index in [1.165, 1.54) is 7.11 Å². The SMILES string of the molecule is COc1ccc(C(=O)CCC(=O)O)c2c(OC)cccc12. The van der Waals surface area contributed by atoms with Gasteiger partial charge in [-0.2, -0.15) is 0 Å². The molecule has 2 aromatic rings. The molecule has 0 aliphatic carbocycles. The Bertz CT molecular complexity index is 690. The molecule has 0 spiro atoms. The standard InChI is InChI=1S/C16H16O5/c1-20-13-8-6-10(12(17)7-9-15(18)19)16-11(13)4-3-5-14(16)21-2/h3-6,8H,7,9H2,1-2H3,(H,18,19). The van der Waals surface area contributed by atoms with Crippen molar-refractivity contribution in [2.75, 3.05) is 14.2 Å². The lowest BCUT2D eigenvalue weighted by Gasteiger charge is -2.13. The Morgan fingerprint density at radius 2 is 1.71 bits per heavy atom. The van der Waals surface area contributed by atoms with Crippen molar-refractivity contribution >= 4 is 22.5 Å². The molecule has 0 saturated heterocycles. The van der Waals surface area contributed by atoms with Gasteiger partial charge in [0.25, 0.3) is 0 Å². The van der Waals surface area contributed by atoms with Crippen LogP contribution >= 0.6 is 0 Å². The van der Waals surface area contributed by atoms with E-state index < -0.39 is 5.97 Å². The second kappa shape index (κ2) is 6.26. The molecule has 21 heavy (non-hydrogen) atoms. The number of carbonyl (C=O) groups is 2. The monoisotopic (exact) mass is 288 g/mol. The zero-order valence-corrected chi connectivity index (χ0v) is 11.9. The number of benzene rings is 2. The van der Waals surface area contributed by atoms with Crippen molar-refractivity contribution < 1.29 is 24.2 Å². The molecule has 0 aromatic heterocycles. The zero-order chi connectivity index (χ0) is 15.4. The van der Waals surface area contributed by atoms with Gasteiger partial charge in [-0.15, -0.1) is 0 Å². The summed E-state index contributed by atoms with van der Waals surface area (Å²) in [6, 6.07) is 8.76. The molecule has 0 amide bonds. The van der Waals surface area contributed by atoms with Gasteiger partial charge in [0.1, 0.15) is 11.5 Å². The molecule has 1 N–H and O–H groups in total. The Kier molecular flexibility index (Phi) is 4.42. The lowest BCUT2D eigenvalue weighted by molar-refractivity contribution is -0.136. The molecule has 0 aliphatic heterocycles. The Morgan fingerprint density at radius 3 is 2.33 bits per heavy atom. The van der Waals surface area contributed by atoms with Crippen LogP contribution in [-0.4, -0.2) is 31.1 Å². The van der Waals surface area contributed by atoms with Crippen molar-refractivity contribution in [3.63, 3.8) is 0 Å². The topological polar surface area (TPSA) is 72.8 Å². The van der Waals surface area contributed by atoms with Crippen LogP contribution in [0.1, 0.15) is 23.2 Å². The van der Waals surface area contributed by atoms with Crippen LogP contribution in [-0.2, 0) is 4.79 Å². The molecule has 0 fully saturated rings. The number of rotatable bonds is 6. The Morgan fingerprint density at radius 1 is 1.00 bits per heavy atom. The molecule has 110 valence electrons. The third-order valence-corrected chi connectivity index (χ3v) is 3.27. The number of ether oxygens (including phenoxy) is 2. The third kappa shape index (κ3) is 2.97. The van der Waals surface area contributed by atoms with Crippen LogP contribution in [0.3, 0.4) is 0 Å². The van der Waals surface area contributed by atoms with Crippen LogP contribution < -0.4 is 9.47 Å². The Labute approximate surface area is 122 Å². The predicted molar refractivity (Wildman–Crippen MR) is 78.3 cm³/mol. The summed E-state index contributed by atoms with van der Waals surface area (Å²) < 4.78 is 10.6. The molecular formula is C16H16O5. The highest BCUT2D eigenvalue weighted by Crippen LogP contribution is 2.35. The molecule has 2 aromatic carbocycles. The number of Topliss-reactive ketones (excluding diaryl/α,β-unsaturated/α-hetero) is 1. The van der Waals surface area contributed by atoms with Crippen molar-refractivity contribution in [2.24, 2.45) is 0 Å². The third-order valence-electron chi connectivity index (χ3n) is 3.27. The summed E-state index contributed by atoms with van der Waals surface area (Å²) >= 11 is 0. The van der Waals surface area contributed by atoms with Crippen LogP contribution in [0.15, 0.2) is 30.3 Å². The fourth-order valence-corrected chi connectivity index (χ4v) is 2.28. The van der Waals surface area contributed by atoms with E-state index in [9.17, 15) is 9.59 Å². The minimum absolute atomic E-state index is 0.0468. The van der Waals surface area contributed by atoms with Gasteiger partial charge < -0.3 is 14.6 Å². The van der Waals surface area contributed by atoms with Crippen LogP contribution in [0.2, 0.25) is 0 Å². The van der Waals surface area contributed by atoms with Crippen molar-refractivity contribution in [1.82, 2.24) is 0 Å². The number of carbonyl (C=O) groups excluding carboxylic acids is 1. The highest BCUT2D eigenvalue weighted by atomic mass is 16.5. The lowest BCUT2D eigenvalue weighted by Crippen LogP contribution is -2.05. The summed E-state index contributed by atoms with van der Waals surface area (Å²) in [4.78, 5) is 22.9. The molecule has 0 unspecified atom stereocenters. The first-order valence-electron chi connectivity index (χ1n) is 6.47. The van der Waals surface area contributed by atoms with Crippen LogP contribution in [0.4, 0.5) is 0 Å². The first-order chi connectivity index (χ1) is 10.1. The molecule has 0 atom stereocenters. The van der Waals surface area contributed by atoms with E-state index in [0.29, 0.717) is 22.4 Å². The summed E-state index contributed by atoms with van der Waals surface area (Å²) in [6.45, 7) is 0. The van der Waals surface area contributed by atoms with Crippen LogP contribution in [0, 0.1) is 0 Å². The fraction of sp³-hybridized carbons (Fsp3) is 0.250. The van der Waals surface area contributed by atoms with E-state index in [-0.39, 0.29) is 18.6 Å². The maximum atomic E-state index is 12.3. The Balaban J connectivity index is 2.58. The molecule has 5 nitrogen and oxygen atoms in total.